The van der Waals surface area contributed by atoms with E-state index >= 15 is 0 Å². The first-order valence-electron chi connectivity index (χ1n) is 3.02. The largest absolute Gasteiger partial charge is 0.305 e. The van der Waals surface area contributed by atoms with Gasteiger partial charge in [-0.1, -0.05) is 0 Å². The van der Waals surface area contributed by atoms with E-state index in [4.69, 9.17) is 5.84 Å². The van der Waals surface area contributed by atoms with Gasteiger partial charge in [-0.3, -0.25) is 5.10 Å². The fraction of sp³-hybridized carbons (Fsp3) is 0. The van der Waals surface area contributed by atoms with Gasteiger partial charge in [-0.15, -0.1) is 0 Å². The molecule has 56 valence electrons. The summed E-state index contributed by atoms with van der Waals surface area (Å²) in [6.45, 7) is 0. The number of hydrazine groups is 1. The van der Waals surface area contributed by atoms with Crippen LogP contribution in [0, 0.1) is 0 Å². The maximum atomic E-state index is 5.17. The second-order valence-electron chi connectivity index (χ2n) is 2.00. The van der Waals surface area contributed by atoms with Gasteiger partial charge in [0.2, 0.25) is 0 Å². The number of fused-ring (bicyclic) bond motifs is 1. The molecular weight excluding hydrogens is 144 g/mol. The van der Waals surface area contributed by atoms with Crippen molar-refractivity contribution in [2.45, 2.75) is 0 Å². The lowest BCUT2D eigenvalue weighted by Gasteiger charge is -1.90. The molecule has 0 unspecified atom stereocenters. The molecule has 2 aromatic heterocycles. The molecule has 6 nitrogen and oxygen atoms in total. The number of rotatable bonds is 1. The number of hydrogen-bond donors (Lipinski definition) is 3. The van der Waals surface area contributed by atoms with Crippen LogP contribution in [-0.4, -0.2) is 20.2 Å². The summed E-state index contributed by atoms with van der Waals surface area (Å²) >= 11 is 0. The van der Waals surface area contributed by atoms with Crippen LogP contribution in [0.1, 0.15) is 0 Å². The smallest absolute Gasteiger partial charge is 0.188 e. The van der Waals surface area contributed by atoms with Gasteiger partial charge in [0.25, 0.3) is 0 Å². The fourth-order valence-corrected chi connectivity index (χ4v) is 0.870. The Morgan fingerprint density at radius 2 is 2.45 bits per heavy atom. The molecule has 2 rings (SSSR count). The molecule has 4 N–H and O–H groups in total. The number of nitrogen functional groups attached to an aromatic ring is 1. The van der Waals surface area contributed by atoms with Crippen molar-refractivity contribution in [2.75, 3.05) is 5.43 Å². The van der Waals surface area contributed by atoms with E-state index in [1.165, 1.54) is 6.33 Å². The summed E-state index contributed by atoms with van der Waals surface area (Å²) in [4.78, 5) is 7.77. The van der Waals surface area contributed by atoms with Crippen molar-refractivity contribution in [1.29, 1.82) is 0 Å². The van der Waals surface area contributed by atoms with Gasteiger partial charge in [0, 0.05) is 0 Å². The van der Waals surface area contributed by atoms with Crippen molar-refractivity contribution in [3.05, 3.63) is 12.5 Å². The lowest BCUT2D eigenvalue weighted by atomic mass is 10.4. The van der Waals surface area contributed by atoms with E-state index in [0.717, 1.165) is 5.52 Å². The van der Waals surface area contributed by atoms with E-state index in [1.54, 1.807) is 6.20 Å². The number of aromatic nitrogens is 4. The Balaban J connectivity index is 2.76. The number of aromatic amines is 1. The van der Waals surface area contributed by atoms with Crippen LogP contribution >= 0.6 is 0 Å². The van der Waals surface area contributed by atoms with Gasteiger partial charge in [0.1, 0.15) is 17.4 Å². The van der Waals surface area contributed by atoms with E-state index < -0.39 is 0 Å². The van der Waals surface area contributed by atoms with E-state index in [2.05, 4.69) is 25.6 Å². The van der Waals surface area contributed by atoms with Crippen LogP contribution in [0.25, 0.3) is 11.0 Å². The van der Waals surface area contributed by atoms with Crippen LogP contribution in [0.2, 0.25) is 0 Å². The maximum absolute atomic E-state index is 5.17. The van der Waals surface area contributed by atoms with Gasteiger partial charge in [-0.2, -0.15) is 5.10 Å². The molecule has 0 aromatic carbocycles. The Labute approximate surface area is 61.8 Å². The monoisotopic (exact) mass is 150 g/mol. The number of nitrogens with zero attached hydrogens (tertiary/aromatic N) is 3. The first-order chi connectivity index (χ1) is 5.42. The highest BCUT2D eigenvalue weighted by molar-refractivity contribution is 5.84. The third-order valence-electron chi connectivity index (χ3n) is 1.36. The Kier molecular flexibility index (Phi) is 1.19. The van der Waals surface area contributed by atoms with Gasteiger partial charge in [-0.25, -0.2) is 15.8 Å². The highest BCUT2D eigenvalue weighted by atomic mass is 15.3. The normalized spacial score (nSPS) is 10.3. The number of nitrogens with two attached hydrogens (primary N) is 1. The quantitative estimate of drug-likeness (QED) is 0.381. The summed E-state index contributed by atoms with van der Waals surface area (Å²) in [6, 6.07) is 0. The van der Waals surface area contributed by atoms with Crippen LogP contribution in [-0.2, 0) is 0 Å². The molecule has 0 saturated heterocycles. The van der Waals surface area contributed by atoms with Crippen molar-refractivity contribution in [2.24, 2.45) is 5.84 Å². The van der Waals surface area contributed by atoms with Gasteiger partial charge in [0.05, 0.1) is 6.20 Å². The van der Waals surface area contributed by atoms with Crippen molar-refractivity contribution in [1.82, 2.24) is 20.2 Å². The number of hydrogen-bond acceptors (Lipinski definition) is 5. The molecule has 0 bridgehead atoms. The average molecular weight is 150 g/mol. The summed E-state index contributed by atoms with van der Waals surface area (Å²) in [6.07, 6.45) is 3.08. The van der Waals surface area contributed by atoms with E-state index in [1.807, 2.05) is 0 Å². The number of H-pyrrole nitrogens is 1. The molecule has 6 heteroatoms. The zero-order valence-corrected chi connectivity index (χ0v) is 5.57. The highest BCUT2D eigenvalue weighted by Crippen LogP contribution is 2.13. The summed E-state index contributed by atoms with van der Waals surface area (Å²) in [5, 5.41) is 6.57. The molecule has 0 spiro atoms. The third kappa shape index (κ3) is 0.802. The molecule has 2 heterocycles. The van der Waals surface area contributed by atoms with Gasteiger partial charge in [-0.05, 0) is 0 Å². The predicted octanol–water partition coefficient (Wildman–Crippen LogP) is -0.362. The van der Waals surface area contributed by atoms with Crippen molar-refractivity contribution in [3.63, 3.8) is 0 Å². The van der Waals surface area contributed by atoms with Crippen molar-refractivity contribution in [3.8, 4) is 0 Å². The Morgan fingerprint density at radius 1 is 1.55 bits per heavy atom. The number of anilines is 1. The summed E-state index contributed by atoms with van der Waals surface area (Å²) < 4.78 is 0. The van der Waals surface area contributed by atoms with Crippen LogP contribution < -0.4 is 11.3 Å². The Hall–Kier alpha value is -1.69. The molecule has 0 aliphatic carbocycles. The van der Waals surface area contributed by atoms with Crippen LogP contribution in [0.3, 0.4) is 0 Å². The molecule has 2 aromatic rings. The average Bonchev–Trinajstić information content (AvgIpc) is 2.47. The minimum Gasteiger partial charge on any atom is -0.305 e. The Morgan fingerprint density at radius 3 is 3.27 bits per heavy atom. The summed E-state index contributed by atoms with van der Waals surface area (Å²) in [5.74, 6) is 5.70. The minimum atomic E-state index is 0.530. The van der Waals surface area contributed by atoms with Crippen LogP contribution in [0.5, 0.6) is 0 Å². The molecule has 0 amide bonds. The molecule has 0 atom stereocenters. The van der Waals surface area contributed by atoms with Crippen LogP contribution in [0.4, 0.5) is 5.82 Å². The lowest BCUT2D eigenvalue weighted by molar-refractivity contribution is 1.10. The van der Waals surface area contributed by atoms with Gasteiger partial charge in [0.15, 0.2) is 5.82 Å². The Bertz CT molecular complexity index is 366. The van der Waals surface area contributed by atoms with E-state index in [9.17, 15) is 0 Å². The highest BCUT2D eigenvalue weighted by Gasteiger charge is 2.02. The van der Waals surface area contributed by atoms with Gasteiger partial charge < -0.3 is 5.43 Å². The molecule has 11 heavy (non-hydrogen) atoms. The SMILES string of the molecule is NNc1n[nH]c2cncnc12. The second kappa shape index (κ2) is 2.17. The minimum absolute atomic E-state index is 0.530. The summed E-state index contributed by atoms with van der Waals surface area (Å²) in [5.41, 5.74) is 3.88. The first kappa shape index (κ1) is 6.05. The fourth-order valence-electron chi connectivity index (χ4n) is 0.870. The standard InChI is InChI=1S/C5H6N6/c6-9-5-4-3(10-11-5)1-7-2-8-4/h1-2H,6H2,(H2,9,10,11). The van der Waals surface area contributed by atoms with Crippen molar-refractivity contribution >= 4 is 16.9 Å². The lowest BCUT2D eigenvalue weighted by Crippen LogP contribution is -2.07. The zero-order valence-electron chi connectivity index (χ0n) is 5.57. The maximum Gasteiger partial charge on any atom is 0.188 e. The molecular formula is C5H6N6. The van der Waals surface area contributed by atoms with E-state index in [0.29, 0.717) is 11.3 Å². The molecule has 0 aliphatic rings. The topological polar surface area (TPSA) is 92.5 Å². The van der Waals surface area contributed by atoms with Crippen molar-refractivity contribution < 1.29 is 0 Å². The van der Waals surface area contributed by atoms with Gasteiger partial charge >= 0.3 is 0 Å². The van der Waals surface area contributed by atoms with E-state index in [-0.39, 0.29) is 0 Å². The van der Waals surface area contributed by atoms with Crippen LogP contribution in [0.15, 0.2) is 12.5 Å². The zero-order chi connectivity index (χ0) is 7.68. The summed E-state index contributed by atoms with van der Waals surface area (Å²) in [7, 11) is 0. The third-order valence-corrected chi connectivity index (χ3v) is 1.36. The molecule has 0 radical (unpaired) electrons. The molecule has 0 fully saturated rings. The number of nitrogens with one attached hydrogen (secondary N) is 2. The molecule has 0 saturated carbocycles. The predicted molar refractivity (Wildman–Crippen MR) is 39.5 cm³/mol. The second-order valence-corrected chi connectivity index (χ2v) is 2.00. The first-order valence-corrected chi connectivity index (χ1v) is 3.02. The molecule has 0 aliphatic heterocycles.